The highest BCUT2D eigenvalue weighted by atomic mass is 35.5. The van der Waals surface area contributed by atoms with Gasteiger partial charge in [0.25, 0.3) is 5.91 Å². The number of carbonyl (C=O) groups excluding carboxylic acids is 4. The van der Waals surface area contributed by atoms with Gasteiger partial charge in [0.15, 0.2) is 0 Å². The standard InChI is InChI=1S/C26H28ClF3N4O6/c1-13-10-14(26(28,29)30)11-18(31-13)34-19(35)12-15(23(37)39-6)21(34)22(36)33(5)17-9-7-8-16(27)20(17)32-24(38)40-25(2,3)4/h7-11,15,21H,12H2,1-6H3,(H,32,38)/t15?,21-/m0/s1. The molecule has 1 fully saturated rings. The monoisotopic (exact) mass is 584 g/mol. The largest absolute Gasteiger partial charge is 0.469 e. The van der Waals surface area contributed by atoms with E-state index in [0.717, 1.165) is 23.0 Å². The summed E-state index contributed by atoms with van der Waals surface area (Å²) in [4.78, 5) is 58.0. The summed E-state index contributed by atoms with van der Waals surface area (Å²) in [5, 5.41) is 2.54. The van der Waals surface area contributed by atoms with Crippen LogP contribution in [0.5, 0.6) is 0 Å². The summed E-state index contributed by atoms with van der Waals surface area (Å²) in [5.41, 5.74) is -1.92. The summed E-state index contributed by atoms with van der Waals surface area (Å²) >= 11 is 6.32. The summed E-state index contributed by atoms with van der Waals surface area (Å²) in [6.45, 7) is 6.26. The van der Waals surface area contributed by atoms with E-state index in [0.29, 0.717) is 6.07 Å². The summed E-state index contributed by atoms with van der Waals surface area (Å²) in [6, 6.07) is 4.21. The van der Waals surface area contributed by atoms with E-state index in [-0.39, 0.29) is 22.1 Å². The Hall–Kier alpha value is -3.87. The number of benzene rings is 1. The Morgan fingerprint density at radius 2 is 1.82 bits per heavy atom. The van der Waals surface area contributed by atoms with E-state index < -0.39 is 65.4 Å². The molecule has 0 saturated carbocycles. The number of methoxy groups -OCH3 is 1. The molecule has 216 valence electrons. The highest BCUT2D eigenvalue weighted by Gasteiger charge is 2.51. The van der Waals surface area contributed by atoms with E-state index >= 15 is 0 Å². The fourth-order valence-corrected chi connectivity index (χ4v) is 4.44. The third kappa shape index (κ3) is 6.64. The van der Waals surface area contributed by atoms with Crippen molar-refractivity contribution < 1.29 is 41.8 Å². The predicted molar refractivity (Wildman–Crippen MR) is 140 cm³/mol. The van der Waals surface area contributed by atoms with E-state index in [2.05, 4.69) is 10.3 Å². The normalized spacial score (nSPS) is 17.4. The SMILES string of the molecule is COC(=O)C1CC(=O)N(c2cc(C(F)(F)F)cc(C)n2)[C@@H]1C(=O)N(C)c1cccc(Cl)c1NC(=O)OC(C)(C)C. The molecule has 0 radical (unpaired) electrons. The maximum absolute atomic E-state index is 13.9. The second kappa shape index (κ2) is 11.3. The van der Waals surface area contributed by atoms with Gasteiger partial charge in [-0.05, 0) is 52.0 Å². The zero-order valence-corrected chi connectivity index (χ0v) is 23.3. The van der Waals surface area contributed by atoms with Gasteiger partial charge < -0.3 is 14.4 Å². The Balaban J connectivity index is 2.09. The number of alkyl halides is 3. The Morgan fingerprint density at radius 3 is 2.40 bits per heavy atom. The van der Waals surface area contributed by atoms with Gasteiger partial charge in [0.2, 0.25) is 5.91 Å². The van der Waals surface area contributed by atoms with Crippen molar-refractivity contribution in [3.05, 3.63) is 46.6 Å². The van der Waals surface area contributed by atoms with Crippen molar-refractivity contribution >= 4 is 52.7 Å². The van der Waals surface area contributed by atoms with Crippen molar-refractivity contribution in [1.29, 1.82) is 0 Å². The third-order valence-electron chi connectivity index (χ3n) is 5.90. The first-order valence-electron chi connectivity index (χ1n) is 12.0. The maximum atomic E-state index is 13.9. The molecule has 0 aliphatic carbocycles. The quantitative estimate of drug-likeness (QED) is 0.493. The fraction of sp³-hybridized carbons (Fsp3) is 0.423. The third-order valence-corrected chi connectivity index (χ3v) is 6.22. The van der Waals surface area contributed by atoms with E-state index in [4.69, 9.17) is 21.1 Å². The van der Waals surface area contributed by atoms with Gasteiger partial charge in [0.05, 0.1) is 35.0 Å². The molecule has 2 aromatic rings. The van der Waals surface area contributed by atoms with Gasteiger partial charge in [-0.15, -0.1) is 0 Å². The number of likely N-dealkylation sites (N-methyl/N-ethyl adjacent to an activating group) is 1. The number of nitrogens with zero attached hydrogens (tertiary/aromatic N) is 3. The number of aromatic nitrogens is 1. The number of esters is 1. The van der Waals surface area contributed by atoms with Crippen LogP contribution in [-0.2, 0) is 30.0 Å². The minimum atomic E-state index is -4.76. The number of nitrogens with one attached hydrogen (secondary N) is 1. The molecule has 10 nitrogen and oxygen atoms in total. The van der Waals surface area contributed by atoms with Gasteiger partial charge in [0.1, 0.15) is 17.5 Å². The summed E-state index contributed by atoms with van der Waals surface area (Å²) in [5.74, 6) is -4.39. The van der Waals surface area contributed by atoms with E-state index in [1.165, 1.54) is 32.2 Å². The summed E-state index contributed by atoms with van der Waals surface area (Å²) in [6.07, 6.45) is -6.13. The van der Waals surface area contributed by atoms with Gasteiger partial charge in [-0.2, -0.15) is 13.2 Å². The van der Waals surface area contributed by atoms with E-state index in [1.54, 1.807) is 20.8 Å². The van der Waals surface area contributed by atoms with Gasteiger partial charge in [-0.1, -0.05) is 17.7 Å². The first-order chi connectivity index (χ1) is 18.4. The molecule has 1 aromatic heterocycles. The lowest BCUT2D eigenvalue weighted by molar-refractivity contribution is -0.147. The second-order valence-electron chi connectivity index (χ2n) is 10.1. The van der Waals surface area contributed by atoms with Crippen molar-refractivity contribution in [3.8, 4) is 0 Å². The zero-order valence-electron chi connectivity index (χ0n) is 22.6. The van der Waals surface area contributed by atoms with Crippen LogP contribution in [0, 0.1) is 12.8 Å². The Bertz CT molecular complexity index is 1340. The molecule has 1 aliphatic heterocycles. The molecule has 3 amide bonds. The highest BCUT2D eigenvalue weighted by molar-refractivity contribution is 6.34. The molecule has 1 aromatic carbocycles. The number of anilines is 3. The van der Waals surface area contributed by atoms with Crippen LogP contribution in [-0.4, -0.2) is 54.7 Å². The van der Waals surface area contributed by atoms with Crippen molar-refractivity contribution in [2.75, 3.05) is 29.3 Å². The number of ether oxygens (including phenoxy) is 2. The van der Waals surface area contributed by atoms with Gasteiger partial charge in [-0.3, -0.25) is 24.6 Å². The number of pyridine rings is 1. The van der Waals surface area contributed by atoms with Crippen molar-refractivity contribution in [2.24, 2.45) is 5.92 Å². The van der Waals surface area contributed by atoms with E-state index in [9.17, 15) is 32.3 Å². The molecular formula is C26H28ClF3N4O6. The number of hydrogen-bond acceptors (Lipinski definition) is 7. The van der Waals surface area contributed by atoms with Crippen LogP contribution < -0.4 is 15.1 Å². The Kier molecular flexibility index (Phi) is 8.68. The smallest absolute Gasteiger partial charge is 0.416 e. The molecule has 2 heterocycles. The van der Waals surface area contributed by atoms with Crippen LogP contribution >= 0.6 is 11.6 Å². The molecule has 14 heteroatoms. The minimum Gasteiger partial charge on any atom is -0.469 e. The first kappa shape index (κ1) is 30.7. The van der Waals surface area contributed by atoms with Crippen molar-refractivity contribution in [3.63, 3.8) is 0 Å². The number of rotatable bonds is 5. The average molecular weight is 585 g/mol. The van der Waals surface area contributed by atoms with Gasteiger partial charge >= 0.3 is 18.2 Å². The molecule has 2 atom stereocenters. The number of carbonyl (C=O) groups is 4. The highest BCUT2D eigenvalue weighted by Crippen LogP contribution is 2.39. The van der Waals surface area contributed by atoms with E-state index in [1.807, 2.05) is 0 Å². The van der Waals surface area contributed by atoms with Crippen LogP contribution in [0.25, 0.3) is 0 Å². The lowest BCUT2D eigenvalue weighted by Gasteiger charge is -2.31. The summed E-state index contributed by atoms with van der Waals surface area (Å²) in [7, 11) is 2.36. The molecule has 40 heavy (non-hydrogen) atoms. The number of hydrogen-bond donors (Lipinski definition) is 1. The van der Waals surface area contributed by atoms with Crippen LogP contribution in [0.2, 0.25) is 5.02 Å². The number of amides is 3. The van der Waals surface area contributed by atoms with Crippen LogP contribution in [0.15, 0.2) is 30.3 Å². The maximum Gasteiger partial charge on any atom is 0.416 e. The molecule has 0 bridgehead atoms. The van der Waals surface area contributed by atoms with Crippen LogP contribution in [0.3, 0.4) is 0 Å². The van der Waals surface area contributed by atoms with Gasteiger partial charge in [-0.25, -0.2) is 9.78 Å². The molecule has 1 N–H and O–H groups in total. The topological polar surface area (TPSA) is 118 Å². The number of aryl methyl sites for hydroxylation is 1. The zero-order chi connectivity index (χ0) is 30.2. The number of para-hydroxylation sites is 1. The van der Waals surface area contributed by atoms with Crippen molar-refractivity contribution in [1.82, 2.24) is 4.98 Å². The average Bonchev–Trinajstić information content (AvgIpc) is 3.18. The predicted octanol–water partition coefficient (Wildman–Crippen LogP) is 4.97. The molecule has 1 unspecified atom stereocenters. The Morgan fingerprint density at radius 1 is 1.18 bits per heavy atom. The van der Waals surface area contributed by atoms with Gasteiger partial charge in [0, 0.05) is 19.2 Å². The second-order valence-corrected chi connectivity index (χ2v) is 10.5. The fourth-order valence-electron chi connectivity index (χ4n) is 4.23. The molecule has 1 saturated heterocycles. The summed E-state index contributed by atoms with van der Waals surface area (Å²) < 4.78 is 50.7. The van der Waals surface area contributed by atoms with Crippen molar-refractivity contribution in [2.45, 2.75) is 51.9 Å². The molecule has 3 rings (SSSR count). The van der Waals surface area contributed by atoms with Crippen LogP contribution in [0.1, 0.15) is 38.4 Å². The minimum absolute atomic E-state index is 0.00667. The first-order valence-corrected chi connectivity index (χ1v) is 12.3. The molecule has 1 aliphatic rings. The molecule has 0 spiro atoms. The lowest BCUT2D eigenvalue weighted by atomic mass is 9.98. The Labute approximate surface area is 233 Å². The lowest BCUT2D eigenvalue weighted by Crippen LogP contribution is -2.50. The number of halogens is 4. The van der Waals surface area contributed by atoms with Crippen LogP contribution in [0.4, 0.5) is 35.2 Å². The molecular weight excluding hydrogens is 557 g/mol.